The Kier molecular flexibility index (Phi) is 3.04. The third kappa shape index (κ3) is 2.98. The third-order valence-electron chi connectivity index (χ3n) is 1.28. The van der Waals surface area contributed by atoms with E-state index in [1.807, 2.05) is 0 Å². The molecule has 1 aromatic rings. The number of aromatic nitrogens is 1. The average Bonchev–Trinajstić information content (AvgIpc) is 2.05. The molecule has 0 aliphatic rings. The average molecular weight is 242 g/mol. The van der Waals surface area contributed by atoms with E-state index in [0.29, 0.717) is 0 Å². The summed E-state index contributed by atoms with van der Waals surface area (Å²) in [6, 6.07) is 0.822. The van der Waals surface area contributed by atoms with E-state index in [1.54, 1.807) is 0 Å². The summed E-state index contributed by atoms with van der Waals surface area (Å²) in [7, 11) is 0. The number of carboxylic acids is 1. The summed E-state index contributed by atoms with van der Waals surface area (Å²) in [6.45, 7) is 0. The van der Waals surface area contributed by atoms with Crippen molar-refractivity contribution in [2.75, 3.05) is 0 Å². The van der Waals surface area contributed by atoms with Gasteiger partial charge >= 0.3 is 12.3 Å². The van der Waals surface area contributed by atoms with E-state index in [2.05, 4.69) is 9.72 Å². The van der Waals surface area contributed by atoms with Gasteiger partial charge in [0.2, 0.25) is 0 Å². The molecule has 0 radical (unpaired) electrons. The van der Waals surface area contributed by atoms with Crippen LogP contribution in [0.3, 0.4) is 0 Å². The fourth-order valence-electron chi connectivity index (χ4n) is 0.779. The molecular formula is C7H3ClF3NO3. The van der Waals surface area contributed by atoms with Crippen LogP contribution in [0.2, 0.25) is 5.02 Å². The maximum Gasteiger partial charge on any atom is 0.573 e. The van der Waals surface area contributed by atoms with Crippen molar-refractivity contribution in [2.24, 2.45) is 0 Å². The molecule has 82 valence electrons. The van der Waals surface area contributed by atoms with Crippen molar-refractivity contribution in [3.8, 4) is 5.75 Å². The lowest BCUT2D eigenvalue weighted by Gasteiger charge is -2.10. The molecule has 0 aromatic carbocycles. The van der Waals surface area contributed by atoms with Gasteiger partial charge < -0.3 is 9.84 Å². The van der Waals surface area contributed by atoms with E-state index < -0.39 is 28.8 Å². The van der Waals surface area contributed by atoms with Crippen LogP contribution in [0.15, 0.2) is 12.3 Å². The molecule has 8 heteroatoms. The quantitative estimate of drug-likeness (QED) is 0.863. The van der Waals surface area contributed by atoms with Crippen LogP contribution in [0.1, 0.15) is 10.5 Å². The van der Waals surface area contributed by atoms with Crippen LogP contribution in [0, 0.1) is 0 Å². The Morgan fingerprint density at radius 1 is 1.53 bits per heavy atom. The molecule has 0 saturated carbocycles. The molecule has 1 aromatic heterocycles. The number of ether oxygens (including phenoxy) is 1. The Balaban J connectivity index is 3.10. The highest BCUT2D eigenvalue weighted by molar-refractivity contribution is 6.34. The lowest BCUT2D eigenvalue weighted by atomic mass is 10.3. The molecular weight excluding hydrogens is 239 g/mol. The number of halogens is 4. The molecule has 0 amide bonds. The van der Waals surface area contributed by atoms with E-state index in [0.717, 1.165) is 12.3 Å². The van der Waals surface area contributed by atoms with Crippen molar-refractivity contribution in [1.82, 2.24) is 4.98 Å². The zero-order valence-electron chi connectivity index (χ0n) is 6.88. The van der Waals surface area contributed by atoms with Crippen LogP contribution in [0.4, 0.5) is 13.2 Å². The Morgan fingerprint density at radius 2 is 2.13 bits per heavy atom. The first-order valence-electron chi connectivity index (χ1n) is 3.45. The second-order valence-electron chi connectivity index (χ2n) is 2.32. The SMILES string of the molecule is O=C(O)c1nccc(OC(F)(F)F)c1Cl. The highest BCUT2D eigenvalue weighted by Gasteiger charge is 2.33. The number of hydrogen-bond acceptors (Lipinski definition) is 3. The summed E-state index contributed by atoms with van der Waals surface area (Å²) in [5.41, 5.74) is -0.696. The third-order valence-corrected chi connectivity index (χ3v) is 1.65. The van der Waals surface area contributed by atoms with Crippen LogP contribution in [-0.4, -0.2) is 22.4 Å². The number of pyridine rings is 1. The van der Waals surface area contributed by atoms with Gasteiger partial charge in [0.25, 0.3) is 0 Å². The van der Waals surface area contributed by atoms with Gasteiger partial charge in [0.15, 0.2) is 11.4 Å². The fourth-order valence-corrected chi connectivity index (χ4v) is 1.01. The second kappa shape index (κ2) is 3.93. The van der Waals surface area contributed by atoms with Crippen molar-refractivity contribution >= 4 is 17.6 Å². The highest BCUT2D eigenvalue weighted by Crippen LogP contribution is 2.31. The summed E-state index contributed by atoms with van der Waals surface area (Å²) >= 11 is 5.34. The van der Waals surface area contributed by atoms with Gasteiger partial charge in [0.1, 0.15) is 5.02 Å². The Bertz CT molecular complexity index is 394. The summed E-state index contributed by atoms with van der Waals surface area (Å²) < 4.78 is 38.9. The number of alkyl halides is 3. The first kappa shape index (κ1) is 11.6. The Hall–Kier alpha value is -1.50. The molecule has 1 rings (SSSR count). The first-order valence-corrected chi connectivity index (χ1v) is 3.82. The van der Waals surface area contributed by atoms with E-state index in [1.165, 1.54) is 0 Å². The number of rotatable bonds is 2. The van der Waals surface area contributed by atoms with Crippen LogP contribution in [-0.2, 0) is 0 Å². The number of carbonyl (C=O) groups is 1. The van der Waals surface area contributed by atoms with Gasteiger partial charge in [-0.05, 0) is 0 Å². The fraction of sp³-hybridized carbons (Fsp3) is 0.143. The van der Waals surface area contributed by atoms with Gasteiger partial charge in [-0.25, -0.2) is 9.78 Å². The summed E-state index contributed by atoms with van der Waals surface area (Å²) in [4.78, 5) is 13.7. The van der Waals surface area contributed by atoms with Crippen molar-refractivity contribution in [2.45, 2.75) is 6.36 Å². The molecule has 0 atom stereocenters. The highest BCUT2D eigenvalue weighted by atomic mass is 35.5. The maximum absolute atomic E-state index is 11.8. The second-order valence-corrected chi connectivity index (χ2v) is 2.70. The molecule has 0 saturated heterocycles. The van der Waals surface area contributed by atoms with Crippen molar-refractivity contribution in [1.29, 1.82) is 0 Å². The summed E-state index contributed by atoms with van der Waals surface area (Å²) in [6.07, 6.45) is -4.07. The molecule has 0 aliphatic carbocycles. The maximum atomic E-state index is 11.8. The van der Waals surface area contributed by atoms with Gasteiger partial charge in [-0.3, -0.25) is 0 Å². The van der Waals surface area contributed by atoms with Crippen molar-refractivity contribution in [3.05, 3.63) is 23.0 Å². The van der Waals surface area contributed by atoms with Crippen LogP contribution in [0.5, 0.6) is 5.75 Å². The van der Waals surface area contributed by atoms with Gasteiger partial charge in [0.05, 0.1) is 0 Å². The minimum atomic E-state index is -4.93. The van der Waals surface area contributed by atoms with Gasteiger partial charge in [-0.15, -0.1) is 13.2 Å². The van der Waals surface area contributed by atoms with Crippen LogP contribution < -0.4 is 4.74 Å². The van der Waals surface area contributed by atoms with Crippen LogP contribution in [0.25, 0.3) is 0 Å². The van der Waals surface area contributed by atoms with Gasteiger partial charge in [-0.2, -0.15) is 0 Å². The standard InChI is InChI=1S/C7H3ClF3NO3/c8-4-3(15-7(9,10)11)1-2-12-5(4)6(13)14/h1-2H,(H,13,14). The number of aromatic carboxylic acids is 1. The molecule has 15 heavy (non-hydrogen) atoms. The predicted octanol–water partition coefficient (Wildman–Crippen LogP) is 2.33. The molecule has 0 bridgehead atoms. The molecule has 0 unspecified atom stereocenters. The monoisotopic (exact) mass is 241 g/mol. The Labute approximate surface area is 86.3 Å². The van der Waals surface area contributed by atoms with E-state index in [4.69, 9.17) is 16.7 Å². The Morgan fingerprint density at radius 3 is 2.60 bits per heavy atom. The minimum absolute atomic E-state index is 0.692. The number of nitrogens with zero attached hydrogens (tertiary/aromatic N) is 1. The molecule has 4 nitrogen and oxygen atoms in total. The normalized spacial score (nSPS) is 11.2. The molecule has 0 aliphatic heterocycles. The largest absolute Gasteiger partial charge is 0.573 e. The summed E-state index contributed by atoms with van der Waals surface area (Å²) in [5.74, 6) is -2.33. The predicted molar refractivity (Wildman–Crippen MR) is 42.9 cm³/mol. The van der Waals surface area contributed by atoms with E-state index in [-0.39, 0.29) is 0 Å². The lowest BCUT2D eigenvalue weighted by Crippen LogP contribution is -2.18. The number of carboxylic acid groups (broad SMARTS) is 1. The van der Waals surface area contributed by atoms with Gasteiger partial charge in [0, 0.05) is 12.3 Å². The number of hydrogen-bond donors (Lipinski definition) is 1. The molecule has 1 heterocycles. The van der Waals surface area contributed by atoms with Crippen molar-refractivity contribution in [3.63, 3.8) is 0 Å². The van der Waals surface area contributed by atoms with Crippen molar-refractivity contribution < 1.29 is 27.8 Å². The molecule has 1 N–H and O–H groups in total. The minimum Gasteiger partial charge on any atom is -0.476 e. The molecule has 0 fully saturated rings. The van der Waals surface area contributed by atoms with Crippen LogP contribution >= 0.6 is 11.6 Å². The topological polar surface area (TPSA) is 59.4 Å². The first-order chi connectivity index (χ1) is 6.81. The zero-order chi connectivity index (χ0) is 11.6. The smallest absolute Gasteiger partial charge is 0.476 e. The van der Waals surface area contributed by atoms with E-state index >= 15 is 0 Å². The van der Waals surface area contributed by atoms with Gasteiger partial charge in [-0.1, -0.05) is 11.6 Å². The van der Waals surface area contributed by atoms with E-state index in [9.17, 15) is 18.0 Å². The summed E-state index contributed by atoms with van der Waals surface area (Å²) in [5, 5.41) is 7.81. The lowest BCUT2D eigenvalue weighted by molar-refractivity contribution is -0.274. The zero-order valence-corrected chi connectivity index (χ0v) is 7.63. The molecule has 0 spiro atoms.